The molecule has 5 heteroatoms. The predicted molar refractivity (Wildman–Crippen MR) is 56.4 cm³/mol. The van der Waals surface area contributed by atoms with Crippen molar-refractivity contribution in [2.45, 2.75) is 18.5 Å². The van der Waals surface area contributed by atoms with E-state index in [4.69, 9.17) is 17.3 Å². The van der Waals surface area contributed by atoms with Crippen molar-refractivity contribution in [1.82, 2.24) is 0 Å². The molecule has 1 aliphatic rings. The zero-order valence-electron chi connectivity index (χ0n) is 8.39. The quantitative estimate of drug-likeness (QED) is 0.854. The summed E-state index contributed by atoms with van der Waals surface area (Å²) >= 11 is 5.59. The van der Waals surface area contributed by atoms with Crippen LogP contribution in [0.15, 0.2) is 18.2 Å². The largest absolute Gasteiger partial charge is 0.416 e. The number of benzene rings is 1. The Morgan fingerprint density at radius 1 is 1.38 bits per heavy atom. The molecule has 1 aliphatic carbocycles. The van der Waals surface area contributed by atoms with Crippen molar-refractivity contribution < 1.29 is 13.2 Å². The molecule has 0 bridgehead atoms. The molecule has 16 heavy (non-hydrogen) atoms. The highest BCUT2D eigenvalue weighted by Gasteiger charge is 2.43. The Labute approximate surface area is 96.4 Å². The topological polar surface area (TPSA) is 26.0 Å². The van der Waals surface area contributed by atoms with Gasteiger partial charge in [0.05, 0.1) is 5.56 Å². The fourth-order valence-corrected chi connectivity index (χ4v) is 2.16. The van der Waals surface area contributed by atoms with Gasteiger partial charge in [0.2, 0.25) is 0 Å². The third-order valence-electron chi connectivity index (χ3n) is 2.95. The second-order valence-electron chi connectivity index (χ2n) is 4.07. The van der Waals surface area contributed by atoms with Gasteiger partial charge in [0.1, 0.15) is 0 Å². The Bertz CT molecular complexity index is 403. The van der Waals surface area contributed by atoms with Crippen LogP contribution in [0.5, 0.6) is 0 Å². The number of halogens is 4. The van der Waals surface area contributed by atoms with Crippen molar-refractivity contribution in [2.24, 2.45) is 11.7 Å². The van der Waals surface area contributed by atoms with Crippen molar-refractivity contribution in [3.05, 3.63) is 34.3 Å². The molecule has 0 amide bonds. The van der Waals surface area contributed by atoms with Crippen molar-refractivity contribution in [1.29, 1.82) is 0 Å². The number of hydrogen-bond acceptors (Lipinski definition) is 1. The van der Waals surface area contributed by atoms with E-state index in [0.717, 1.165) is 12.5 Å². The molecule has 0 heterocycles. The average Bonchev–Trinajstić information content (AvgIpc) is 2.95. The van der Waals surface area contributed by atoms with Crippen molar-refractivity contribution in [2.75, 3.05) is 6.54 Å². The third kappa shape index (κ3) is 2.18. The molecule has 0 unspecified atom stereocenters. The molecule has 0 radical (unpaired) electrons. The molecule has 88 valence electrons. The molecule has 2 rings (SSSR count). The second kappa shape index (κ2) is 3.93. The van der Waals surface area contributed by atoms with Gasteiger partial charge in [-0.3, -0.25) is 0 Å². The lowest BCUT2D eigenvalue weighted by molar-refractivity contribution is -0.138. The number of nitrogens with two attached hydrogens (primary N) is 1. The Morgan fingerprint density at radius 2 is 2.06 bits per heavy atom. The van der Waals surface area contributed by atoms with E-state index in [1.165, 1.54) is 12.1 Å². The van der Waals surface area contributed by atoms with Gasteiger partial charge in [-0.05, 0) is 42.5 Å². The number of alkyl halides is 3. The Kier molecular flexibility index (Phi) is 2.88. The summed E-state index contributed by atoms with van der Waals surface area (Å²) in [6.45, 7) is 0.435. The van der Waals surface area contributed by atoms with E-state index in [9.17, 15) is 13.2 Å². The lowest BCUT2D eigenvalue weighted by Crippen LogP contribution is -2.10. The second-order valence-corrected chi connectivity index (χ2v) is 4.50. The van der Waals surface area contributed by atoms with E-state index in [-0.39, 0.29) is 16.9 Å². The van der Waals surface area contributed by atoms with Gasteiger partial charge in [-0.1, -0.05) is 17.7 Å². The summed E-state index contributed by atoms with van der Waals surface area (Å²) in [6, 6.07) is 3.95. The van der Waals surface area contributed by atoms with Crippen molar-refractivity contribution >= 4 is 11.6 Å². The standard InChI is InChI=1S/C11H11ClF3N/c12-7-1-2-8(9-3-6(9)5-16)10(4-7)11(13,14)15/h1-2,4,6,9H,3,5,16H2/t6-,9+/m0/s1. The minimum atomic E-state index is -4.35. The smallest absolute Gasteiger partial charge is 0.330 e. The highest BCUT2D eigenvalue weighted by Crippen LogP contribution is 2.50. The zero-order valence-corrected chi connectivity index (χ0v) is 9.15. The molecule has 1 nitrogen and oxygen atoms in total. The fourth-order valence-electron chi connectivity index (χ4n) is 1.99. The highest BCUT2D eigenvalue weighted by atomic mass is 35.5. The lowest BCUT2D eigenvalue weighted by atomic mass is 10.0. The first-order chi connectivity index (χ1) is 7.43. The molecule has 0 aliphatic heterocycles. The van der Waals surface area contributed by atoms with Gasteiger partial charge < -0.3 is 5.73 Å². The van der Waals surface area contributed by atoms with E-state index in [2.05, 4.69) is 0 Å². The van der Waals surface area contributed by atoms with Crippen LogP contribution in [0.3, 0.4) is 0 Å². The predicted octanol–water partition coefficient (Wildman–Crippen LogP) is 3.42. The van der Waals surface area contributed by atoms with Gasteiger partial charge in [-0.25, -0.2) is 0 Å². The van der Waals surface area contributed by atoms with Crippen LogP contribution < -0.4 is 5.73 Å². The molecule has 2 atom stereocenters. The minimum Gasteiger partial charge on any atom is -0.330 e. The number of hydrogen-bond donors (Lipinski definition) is 1. The van der Waals surface area contributed by atoms with E-state index in [1.807, 2.05) is 0 Å². The van der Waals surface area contributed by atoms with Crippen LogP contribution in [0.4, 0.5) is 13.2 Å². The summed E-state index contributed by atoms with van der Waals surface area (Å²) in [4.78, 5) is 0. The maximum atomic E-state index is 12.8. The average molecular weight is 250 g/mol. The molecule has 0 aromatic heterocycles. The third-order valence-corrected chi connectivity index (χ3v) is 3.18. The van der Waals surface area contributed by atoms with Gasteiger partial charge in [-0.15, -0.1) is 0 Å². The Balaban J connectivity index is 2.38. The summed E-state index contributed by atoms with van der Waals surface area (Å²) < 4.78 is 38.3. The van der Waals surface area contributed by atoms with E-state index in [1.54, 1.807) is 0 Å². The first kappa shape index (κ1) is 11.7. The Hall–Kier alpha value is -0.740. The van der Waals surface area contributed by atoms with Gasteiger partial charge in [0.15, 0.2) is 0 Å². The molecule has 1 aromatic carbocycles. The van der Waals surface area contributed by atoms with E-state index >= 15 is 0 Å². The van der Waals surface area contributed by atoms with E-state index < -0.39 is 11.7 Å². The monoisotopic (exact) mass is 249 g/mol. The molecule has 2 N–H and O–H groups in total. The molecule has 0 saturated heterocycles. The van der Waals surface area contributed by atoms with Crippen LogP contribution in [0, 0.1) is 5.92 Å². The first-order valence-electron chi connectivity index (χ1n) is 5.00. The van der Waals surface area contributed by atoms with Crippen LogP contribution in [-0.4, -0.2) is 6.54 Å². The normalized spacial score (nSPS) is 24.6. The van der Waals surface area contributed by atoms with Crippen molar-refractivity contribution in [3.8, 4) is 0 Å². The summed E-state index contributed by atoms with van der Waals surface area (Å²) in [7, 11) is 0. The van der Waals surface area contributed by atoms with Crippen LogP contribution >= 0.6 is 11.6 Å². The van der Waals surface area contributed by atoms with Crippen LogP contribution in [0.1, 0.15) is 23.5 Å². The van der Waals surface area contributed by atoms with Crippen molar-refractivity contribution in [3.63, 3.8) is 0 Å². The summed E-state index contributed by atoms with van der Waals surface area (Å²) in [6.07, 6.45) is -3.61. The summed E-state index contributed by atoms with van der Waals surface area (Å²) in [5, 5.41) is 0.112. The molecule has 1 aromatic rings. The highest BCUT2D eigenvalue weighted by molar-refractivity contribution is 6.30. The number of rotatable bonds is 2. The van der Waals surface area contributed by atoms with Gasteiger partial charge >= 0.3 is 6.18 Å². The zero-order chi connectivity index (χ0) is 11.9. The maximum absolute atomic E-state index is 12.8. The first-order valence-corrected chi connectivity index (χ1v) is 5.38. The van der Waals surface area contributed by atoms with Gasteiger partial charge in [-0.2, -0.15) is 13.2 Å². The van der Waals surface area contributed by atoms with Crippen LogP contribution in [0.2, 0.25) is 5.02 Å². The minimum absolute atomic E-state index is 0.0566. The fraction of sp³-hybridized carbons (Fsp3) is 0.455. The molecule has 0 spiro atoms. The van der Waals surface area contributed by atoms with Gasteiger partial charge in [0.25, 0.3) is 0 Å². The van der Waals surface area contributed by atoms with Crippen LogP contribution in [-0.2, 0) is 6.18 Å². The maximum Gasteiger partial charge on any atom is 0.416 e. The molecule has 1 saturated carbocycles. The van der Waals surface area contributed by atoms with Gasteiger partial charge in [0, 0.05) is 5.02 Å². The van der Waals surface area contributed by atoms with Crippen LogP contribution in [0.25, 0.3) is 0 Å². The molecular weight excluding hydrogens is 239 g/mol. The SMILES string of the molecule is NC[C@@H]1C[C@H]1c1ccc(Cl)cc1C(F)(F)F. The van der Waals surface area contributed by atoms with E-state index in [0.29, 0.717) is 12.1 Å². The Morgan fingerprint density at radius 3 is 2.56 bits per heavy atom. The molecule has 1 fully saturated rings. The summed E-state index contributed by atoms with van der Waals surface area (Å²) in [5.74, 6) is 0.126. The lowest BCUT2D eigenvalue weighted by Gasteiger charge is -2.13. The molecular formula is C11H11ClF3N. The summed E-state index contributed by atoms with van der Waals surface area (Å²) in [5.41, 5.74) is 5.15.